The van der Waals surface area contributed by atoms with Crippen LogP contribution in [-0.2, 0) is 24.3 Å². The van der Waals surface area contributed by atoms with E-state index in [1.54, 1.807) is 18.2 Å². The van der Waals surface area contributed by atoms with Gasteiger partial charge in [0.25, 0.3) is 15.9 Å². The zero-order valence-corrected chi connectivity index (χ0v) is 11.9. The summed E-state index contributed by atoms with van der Waals surface area (Å²) in [6.45, 7) is 0.908. The standard InChI is InChI=1S/C12H13N3O5S/c1-7(11(13)17)20-10(16)6-14-12-8-4-2-3-5-9(8)21(18,19)15-12/h2-5,7H,6H2,1H3,(H2,13,17)(H,14,15)/t7-/m0/s1. The van der Waals surface area contributed by atoms with Crippen LogP contribution in [0.3, 0.4) is 0 Å². The first-order chi connectivity index (χ1) is 9.81. The second-order valence-corrected chi connectivity index (χ2v) is 5.95. The van der Waals surface area contributed by atoms with Gasteiger partial charge in [-0.15, -0.1) is 0 Å². The average molecular weight is 311 g/mol. The number of ether oxygens (including phenoxy) is 1. The van der Waals surface area contributed by atoms with Crippen LogP contribution in [0.15, 0.2) is 34.2 Å². The number of rotatable bonds is 4. The number of primary amides is 1. The molecule has 1 aromatic carbocycles. The van der Waals surface area contributed by atoms with Crippen molar-refractivity contribution in [3.05, 3.63) is 29.8 Å². The molecular formula is C12H13N3O5S. The molecule has 0 saturated carbocycles. The third-order valence-corrected chi connectivity index (χ3v) is 4.14. The molecule has 1 aliphatic rings. The Morgan fingerprint density at radius 1 is 1.38 bits per heavy atom. The lowest BCUT2D eigenvalue weighted by Gasteiger charge is -2.08. The number of fused-ring (bicyclic) bond motifs is 1. The Bertz CT molecular complexity index is 726. The number of carbonyl (C=O) groups excluding carboxylic acids is 2. The predicted molar refractivity (Wildman–Crippen MR) is 72.9 cm³/mol. The largest absolute Gasteiger partial charge is 0.451 e. The van der Waals surface area contributed by atoms with Crippen LogP contribution in [0.4, 0.5) is 0 Å². The summed E-state index contributed by atoms with van der Waals surface area (Å²) in [7, 11) is -3.65. The first kappa shape index (κ1) is 15.0. The number of nitrogens with one attached hydrogen (secondary N) is 1. The summed E-state index contributed by atoms with van der Waals surface area (Å²) in [5.41, 5.74) is 5.34. The van der Waals surface area contributed by atoms with Gasteiger partial charge in [0.2, 0.25) is 0 Å². The van der Waals surface area contributed by atoms with Gasteiger partial charge in [0.1, 0.15) is 12.4 Å². The molecule has 0 fully saturated rings. The van der Waals surface area contributed by atoms with Gasteiger partial charge < -0.3 is 10.5 Å². The van der Waals surface area contributed by atoms with Crippen LogP contribution >= 0.6 is 0 Å². The maximum absolute atomic E-state index is 11.8. The minimum absolute atomic E-state index is 0.0641. The molecule has 1 atom stereocenters. The molecule has 0 bridgehead atoms. The summed E-state index contributed by atoms with van der Waals surface area (Å²) in [5, 5.41) is 0. The van der Waals surface area contributed by atoms with E-state index < -0.39 is 34.5 Å². The van der Waals surface area contributed by atoms with Gasteiger partial charge in [-0.1, -0.05) is 12.1 Å². The molecule has 0 aromatic heterocycles. The molecular weight excluding hydrogens is 298 g/mol. The van der Waals surface area contributed by atoms with Crippen LogP contribution in [0.1, 0.15) is 12.5 Å². The Hall–Kier alpha value is -2.42. The van der Waals surface area contributed by atoms with E-state index in [4.69, 9.17) is 10.5 Å². The fourth-order valence-corrected chi connectivity index (χ4v) is 2.94. The second-order valence-electron chi connectivity index (χ2n) is 4.30. The maximum atomic E-state index is 11.8. The van der Waals surface area contributed by atoms with Gasteiger partial charge >= 0.3 is 5.97 Å². The molecule has 9 heteroatoms. The van der Waals surface area contributed by atoms with E-state index >= 15 is 0 Å². The Kier molecular flexibility index (Phi) is 3.94. The predicted octanol–water partition coefficient (Wildman–Crippen LogP) is -0.858. The number of nitrogens with zero attached hydrogens (tertiary/aromatic N) is 1. The Labute approximate surface area is 121 Å². The number of aliphatic imine (C=N–C) groups is 1. The topological polar surface area (TPSA) is 128 Å². The van der Waals surface area contributed by atoms with E-state index in [9.17, 15) is 18.0 Å². The highest BCUT2D eigenvalue weighted by molar-refractivity contribution is 7.90. The van der Waals surface area contributed by atoms with Crippen LogP contribution in [0.25, 0.3) is 0 Å². The van der Waals surface area contributed by atoms with Gasteiger partial charge in [0.05, 0.1) is 4.90 Å². The van der Waals surface area contributed by atoms with Gasteiger partial charge in [-0.25, -0.2) is 8.42 Å². The molecule has 21 heavy (non-hydrogen) atoms. The number of benzene rings is 1. The highest BCUT2D eigenvalue weighted by atomic mass is 32.2. The van der Waals surface area contributed by atoms with Crippen molar-refractivity contribution in [2.45, 2.75) is 17.9 Å². The molecule has 0 radical (unpaired) electrons. The van der Waals surface area contributed by atoms with E-state index in [2.05, 4.69) is 9.71 Å². The van der Waals surface area contributed by atoms with E-state index in [-0.39, 0.29) is 10.7 Å². The minimum Gasteiger partial charge on any atom is -0.451 e. The Balaban J connectivity index is 2.14. The zero-order chi connectivity index (χ0) is 15.6. The Morgan fingerprint density at radius 2 is 2.05 bits per heavy atom. The molecule has 0 saturated heterocycles. The fourth-order valence-electron chi connectivity index (χ4n) is 1.69. The first-order valence-electron chi connectivity index (χ1n) is 5.97. The van der Waals surface area contributed by atoms with E-state index in [0.29, 0.717) is 5.56 Å². The average Bonchev–Trinajstić information content (AvgIpc) is 2.68. The number of hydrogen-bond donors (Lipinski definition) is 2. The zero-order valence-electron chi connectivity index (χ0n) is 11.1. The molecule has 1 aliphatic heterocycles. The van der Waals surface area contributed by atoms with Crippen molar-refractivity contribution < 1.29 is 22.7 Å². The van der Waals surface area contributed by atoms with Gasteiger partial charge in [0, 0.05) is 5.56 Å². The summed E-state index contributed by atoms with van der Waals surface area (Å²) in [5.74, 6) is -1.49. The Morgan fingerprint density at radius 3 is 2.71 bits per heavy atom. The molecule has 1 aromatic rings. The highest BCUT2D eigenvalue weighted by Crippen LogP contribution is 2.21. The molecule has 2 rings (SSSR count). The van der Waals surface area contributed by atoms with Gasteiger partial charge in [-0.3, -0.25) is 19.3 Å². The smallest absolute Gasteiger partial charge is 0.328 e. The lowest BCUT2D eigenvalue weighted by Crippen LogP contribution is -2.31. The minimum atomic E-state index is -3.65. The highest BCUT2D eigenvalue weighted by Gasteiger charge is 2.30. The number of amidine groups is 1. The number of esters is 1. The van der Waals surface area contributed by atoms with Crippen LogP contribution < -0.4 is 10.5 Å². The molecule has 112 valence electrons. The van der Waals surface area contributed by atoms with Crippen molar-refractivity contribution in [1.29, 1.82) is 0 Å². The summed E-state index contributed by atoms with van der Waals surface area (Å²) in [6, 6.07) is 6.25. The number of amides is 1. The number of sulfonamides is 1. The molecule has 0 unspecified atom stereocenters. The van der Waals surface area contributed by atoms with E-state index in [1.807, 2.05) is 0 Å². The summed E-state index contributed by atoms with van der Waals surface area (Å²) in [4.78, 5) is 26.2. The molecule has 8 nitrogen and oxygen atoms in total. The number of hydrogen-bond acceptors (Lipinski definition) is 6. The summed E-state index contributed by atoms with van der Waals surface area (Å²) < 4.78 is 30.6. The van der Waals surface area contributed by atoms with Gasteiger partial charge in [0.15, 0.2) is 6.10 Å². The van der Waals surface area contributed by atoms with Crippen molar-refractivity contribution in [2.24, 2.45) is 10.7 Å². The second kappa shape index (κ2) is 5.52. The van der Waals surface area contributed by atoms with Gasteiger partial charge in [-0.05, 0) is 19.1 Å². The lowest BCUT2D eigenvalue weighted by atomic mass is 10.2. The molecule has 1 amide bonds. The lowest BCUT2D eigenvalue weighted by molar-refractivity contribution is -0.152. The van der Waals surface area contributed by atoms with Crippen LogP contribution in [0.2, 0.25) is 0 Å². The molecule has 0 aliphatic carbocycles. The summed E-state index contributed by atoms with van der Waals surface area (Å²) >= 11 is 0. The molecule has 1 heterocycles. The van der Waals surface area contributed by atoms with Crippen molar-refractivity contribution in [3.63, 3.8) is 0 Å². The maximum Gasteiger partial charge on any atom is 0.328 e. The summed E-state index contributed by atoms with van der Waals surface area (Å²) in [6.07, 6.45) is -1.06. The quantitative estimate of drug-likeness (QED) is 0.699. The van der Waals surface area contributed by atoms with E-state index in [0.717, 1.165) is 0 Å². The van der Waals surface area contributed by atoms with Crippen molar-refractivity contribution in [2.75, 3.05) is 6.54 Å². The van der Waals surface area contributed by atoms with E-state index in [1.165, 1.54) is 13.0 Å². The fraction of sp³-hybridized carbons (Fsp3) is 0.250. The van der Waals surface area contributed by atoms with Crippen LogP contribution in [0.5, 0.6) is 0 Å². The molecule has 3 N–H and O–H groups in total. The molecule has 0 spiro atoms. The third-order valence-electron chi connectivity index (χ3n) is 2.74. The van der Waals surface area contributed by atoms with Crippen molar-refractivity contribution in [3.8, 4) is 0 Å². The number of carbonyl (C=O) groups is 2. The van der Waals surface area contributed by atoms with Gasteiger partial charge in [-0.2, -0.15) is 0 Å². The monoisotopic (exact) mass is 311 g/mol. The normalized spacial score (nSPS) is 18.6. The van der Waals surface area contributed by atoms with Crippen LogP contribution in [-0.4, -0.2) is 38.8 Å². The SMILES string of the molecule is C[C@H](OC(=O)CN=C1NS(=O)(=O)c2ccccc21)C(N)=O. The van der Waals surface area contributed by atoms with Crippen LogP contribution in [0, 0.1) is 0 Å². The third kappa shape index (κ3) is 3.19. The van der Waals surface area contributed by atoms with Crippen molar-refractivity contribution in [1.82, 2.24) is 4.72 Å². The number of nitrogens with two attached hydrogens (primary N) is 1. The van der Waals surface area contributed by atoms with Crippen molar-refractivity contribution >= 4 is 27.7 Å². The first-order valence-corrected chi connectivity index (χ1v) is 7.45.